The zero-order chi connectivity index (χ0) is 19.1. The van der Waals surface area contributed by atoms with Crippen molar-refractivity contribution in [1.82, 2.24) is 10.3 Å². The predicted molar refractivity (Wildman–Crippen MR) is 114 cm³/mol. The fourth-order valence-corrected chi connectivity index (χ4v) is 3.40. The van der Waals surface area contributed by atoms with Crippen molar-refractivity contribution >= 4 is 34.3 Å². The highest BCUT2D eigenvalue weighted by molar-refractivity contribution is 5.97. The summed E-state index contributed by atoms with van der Waals surface area (Å²) in [6.07, 6.45) is 1.88. The van der Waals surface area contributed by atoms with Crippen molar-refractivity contribution in [3.05, 3.63) is 63.3 Å². The number of rotatable bonds is 4. The Kier molecular flexibility index (Phi) is 5.59. The minimum atomic E-state index is -0.380. The highest BCUT2D eigenvalue weighted by Gasteiger charge is 2.17. The van der Waals surface area contributed by atoms with Gasteiger partial charge in [0.2, 0.25) is 0 Å². The number of hydrogen-bond donors (Lipinski definition) is 1. The molecule has 0 aliphatic rings. The molecule has 0 saturated heterocycles. The third kappa shape index (κ3) is 3.32. The van der Waals surface area contributed by atoms with Crippen molar-refractivity contribution in [3.8, 4) is 11.3 Å². The maximum Gasteiger partial charge on any atom is 0.336 e. The average molecular weight is 399 g/mol. The average Bonchev–Trinajstić information content (AvgIpc) is 3.10. The van der Waals surface area contributed by atoms with Gasteiger partial charge in [0.1, 0.15) is 11.3 Å². The normalized spacial score (nSPS) is 11.1. The number of aromatic nitrogens is 1. The second-order valence-electron chi connectivity index (χ2n) is 6.87. The number of halogens is 1. The van der Waals surface area contributed by atoms with Crippen LogP contribution >= 0.6 is 12.4 Å². The molecule has 0 unspecified atom stereocenters. The summed E-state index contributed by atoms with van der Waals surface area (Å²) in [5.41, 5.74) is 5.69. The monoisotopic (exact) mass is 398 g/mol. The Morgan fingerprint density at radius 2 is 1.82 bits per heavy atom. The molecule has 3 aromatic heterocycles. The first-order valence-corrected chi connectivity index (χ1v) is 9.12. The van der Waals surface area contributed by atoms with E-state index in [-0.39, 0.29) is 18.0 Å². The number of aryl methyl sites for hydroxylation is 3. The number of benzene rings is 1. The summed E-state index contributed by atoms with van der Waals surface area (Å²) in [6.45, 7) is 9.56. The van der Waals surface area contributed by atoms with Gasteiger partial charge in [-0.25, -0.2) is 4.79 Å². The van der Waals surface area contributed by atoms with E-state index in [2.05, 4.69) is 17.2 Å². The molecule has 6 heteroatoms. The first-order valence-electron chi connectivity index (χ1n) is 9.12. The molecule has 0 aliphatic carbocycles. The fraction of sp³-hybridized carbons (Fsp3) is 0.273. The first-order chi connectivity index (χ1) is 13.0. The van der Waals surface area contributed by atoms with Gasteiger partial charge >= 0.3 is 5.63 Å². The number of nitrogens with one attached hydrogen (secondary N) is 1. The summed E-state index contributed by atoms with van der Waals surface area (Å²) >= 11 is 0. The summed E-state index contributed by atoms with van der Waals surface area (Å²) in [7, 11) is 0. The van der Waals surface area contributed by atoms with Gasteiger partial charge in [-0.2, -0.15) is 0 Å². The van der Waals surface area contributed by atoms with Gasteiger partial charge in [-0.15, -0.1) is 12.4 Å². The predicted octanol–water partition coefficient (Wildman–Crippen LogP) is 5.06. The molecule has 3 heterocycles. The third-order valence-corrected chi connectivity index (χ3v) is 5.08. The Hall–Kier alpha value is -2.63. The Morgan fingerprint density at radius 1 is 1.04 bits per heavy atom. The van der Waals surface area contributed by atoms with Crippen LogP contribution in [0.4, 0.5) is 0 Å². The van der Waals surface area contributed by atoms with Crippen LogP contribution in [0.3, 0.4) is 0 Å². The molecule has 0 amide bonds. The molecule has 4 aromatic rings. The van der Waals surface area contributed by atoms with Gasteiger partial charge in [-0.05, 0) is 50.1 Å². The SMILES string of the molecule is CCNCc1cnc(C)c2oc(-c3cc(=O)oc4c(C)c(C)ccc34)cc12.Cl. The van der Waals surface area contributed by atoms with Crippen LogP contribution in [-0.4, -0.2) is 11.5 Å². The quantitative estimate of drug-likeness (QED) is 0.487. The largest absolute Gasteiger partial charge is 0.454 e. The Labute approximate surface area is 169 Å². The molecular weight excluding hydrogens is 376 g/mol. The van der Waals surface area contributed by atoms with Crippen molar-refractivity contribution in [1.29, 1.82) is 0 Å². The molecule has 5 nitrogen and oxygen atoms in total. The van der Waals surface area contributed by atoms with Gasteiger partial charge < -0.3 is 14.2 Å². The van der Waals surface area contributed by atoms with E-state index in [1.807, 2.05) is 45.2 Å². The number of pyridine rings is 1. The van der Waals surface area contributed by atoms with Gasteiger partial charge in [0.25, 0.3) is 0 Å². The van der Waals surface area contributed by atoms with Crippen molar-refractivity contribution in [2.75, 3.05) is 6.54 Å². The summed E-state index contributed by atoms with van der Waals surface area (Å²) in [6, 6.07) is 7.52. The van der Waals surface area contributed by atoms with E-state index in [0.29, 0.717) is 11.3 Å². The van der Waals surface area contributed by atoms with E-state index in [4.69, 9.17) is 8.83 Å². The van der Waals surface area contributed by atoms with Crippen LogP contribution in [0.2, 0.25) is 0 Å². The van der Waals surface area contributed by atoms with E-state index in [1.165, 1.54) is 6.07 Å². The van der Waals surface area contributed by atoms with Gasteiger partial charge in [0, 0.05) is 35.1 Å². The lowest BCUT2D eigenvalue weighted by Crippen LogP contribution is -2.12. The molecule has 28 heavy (non-hydrogen) atoms. The minimum Gasteiger partial charge on any atom is -0.454 e. The van der Waals surface area contributed by atoms with Gasteiger partial charge in [0.05, 0.1) is 5.69 Å². The Balaban J connectivity index is 0.00000225. The standard InChI is InChI=1S/C22H22N2O3.ClH/c1-5-23-10-15-11-24-14(4)22-17(15)8-19(26-22)18-9-20(25)27-21-13(3)12(2)6-7-16(18)21;/h6-9,11,23H,5,10H2,1-4H3;1H. The van der Waals surface area contributed by atoms with Crippen LogP contribution in [0, 0.1) is 20.8 Å². The molecule has 0 radical (unpaired) electrons. The molecule has 0 fully saturated rings. The molecule has 0 saturated carbocycles. The molecule has 4 rings (SSSR count). The maximum atomic E-state index is 12.2. The molecule has 0 aliphatic heterocycles. The van der Waals surface area contributed by atoms with Crippen molar-refractivity contribution in [2.45, 2.75) is 34.2 Å². The Bertz CT molecular complexity index is 1220. The molecule has 146 valence electrons. The smallest absolute Gasteiger partial charge is 0.336 e. The second kappa shape index (κ2) is 7.78. The van der Waals surface area contributed by atoms with Crippen molar-refractivity contribution < 1.29 is 8.83 Å². The van der Waals surface area contributed by atoms with Gasteiger partial charge in [-0.1, -0.05) is 19.1 Å². The lowest BCUT2D eigenvalue weighted by Gasteiger charge is -2.07. The van der Waals surface area contributed by atoms with E-state index in [9.17, 15) is 4.79 Å². The maximum absolute atomic E-state index is 12.2. The van der Waals surface area contributed by atoms with Crippen LogP contribution < -0.4 is 10.9 Å². The molecule has 0 spiro atoms. The third-order valence-electron chi connectivity index (χ3n) is 5.08. The van der Waals surface area contributed by atoms with Crippen molar-refractivity contribution in [3.63, 3.8) is 0 Å². The van der Waals surface area contributed by atoms with E-state index in [0.717, 1.165) is 57.4 Å². The summed E-state index contributed by atoms with van der Waals surface area (Å²) in [5, 5.41) is 5.22. The zero-order valence-corrected chi connectivity index (χ0v) is 17.2. The molecular formula is C22H23ClN2O3. The van der Waals surface area contributed by atoms with Crippen LogP contribution in [-0.2, 0) is 6.54 Å². The number of nitrogens with zero attached hydrogens (tertiary/aromatic N) is 1. The van der Waals surface area contributed by atoms with Crippen molar-refractivity contribution in [2.24, 2.45) is 0 Å². The lowest BCUT2D eigenvalue weighted by molar-refractivity contribution is 0.557. The highest BCUT2D eigenvalue weighted by Crippen LogP contribution is 2.35. The van der Waals surface area contributed by atoms with E-state index in [1.54, 1.807) is 0 Å². The topological polar surface area (TPSA) is 68.3 Å². The zero-order valence-electron chi connectivity index (χ0n) is 16.4. The highest BCUT2D eigenvalue weighted by atomic mass is 35.5. The molecule has 1 aromatic carbocycles. The van der Waals surface area contributed by atoms with Crippen LogP contribution in [0.15, 0.2) is 44.1 Å². The first kappa shape index (κ1) is 20.1. The van der Waals surface area contributed by atoms with Crippen LogP contribution in [0.5, 0.6) is 0 Å². The molecule has 0 atom stereocenters. The summed E-state index contributed by atoms with van der Waals surface area (Å²) in [5.74, 6) is 0.653. The number of hydrogen-bond acceptors (Lipinski definition) is 5. The molecule has 1 N–H and O–H groups in total. The second-order valence-corrected chi connectivity index (χ2v) is 6.87. The molecule has 0 bridgehead atoms. The Morgan fingerprint density at radius 3 is 2.57 bits per heavy atom. The van der Waals surface area contributed by atoms with Crippen LogP contribution in [0.25, 0.3) is 33.3 Å². The van der Waals surface area contributed by atoms with Crippen LogP contribution in [0.1, 0.15) is 29.3 Å². The minimum absolute atomic E-state index is 0. The number of fused-ring (bicyclic) bond motifs is 2. The number of furan rings is 1. The fourth-order valence-electron chi connectivity index (χ4n) is 3.40. The van der Waals surface area contributed by atoms with E-state index < -0.39 is 0 Å². The summed E-state index contributed by atoms with van der Waals surface area (Å²) in [4.78, 5) is 16.7. The van der Waals surface area contributed by atoms with E-state index >= 15 is 0 Å². The lowest BCUT2D eigenvalue weighted by atomic mass is 10.0. The van der Waals surface area contributed by atoms with Gasteiger partial charge in [-0.3, -0.25) is 4.98 Å². The van der Waals surface area contributed by atoms with Gasteiger partial charge in [0.15, 0.2) is 5.58 Å². The summed E-state index contributed by atoms with van der Waals surface area (Å²) < 4.78 is 11.7.